The molecule has 1 aliphatic rings. The number of nitrogens with two attached hydrogens (primary N) is 1. The number of piperidine rings is 1. The van der Waals surface area contributed by atoms with E-state index in [9.17, 15) is 0 Å². The van der Waals surface area contributed by atoms with Gasteiger partial charge in [0, 0.05) is 29.3 Å². The molecule has 2 N–H and O–H groups in total. The largest absolute Gasteiger partial charge is 0.371 e. The van der Waals surface area contributed by atoms with Crippen LogP contribution in [0, 0.1) is 5.41 Å². The molecular formula is C17H27BrN2. The first-order valence-corrected chi connectivity index (χ1v) is 8.60. The summed E-state index contributed by atoms with van der Waals surface area (Å²) in [6, 6.07) is 6.68. The van der Waals surface area contributed by atoms with Gasteiger partial charge in [-0.3, -0.25) is 0 Å². The summed E-state index contributed by atoms with van der Waals surface area (Å²) in [6.45, 7) is 9.05. The molecule has 2 nitrogen and oxygen atoms in total. The van der Waals surface area contributed by atoms with Crippen LogP contribution in [-0.4, -0.2) is 13.1 Å². The lowest BCUT2D eigenvalue weighted by atomic mass is 9.74. The maximum Gasteiger partial charge on any atom is 0.0377 e. The van der Waals surface area contributed by atoms with Crippen molar-refractivity contribution >= 4 is 21.6 Å². The van der Waals surface area contributed by atoms with Gasteiger partial charge in [0.05, 0.1) is 0 Å². The van der Waals surface area contributed by atoms with Crippen LogP contribution >= 0.6 is 15.9 Å². The molecule has 0 bridgehead atoms. The highest BCUT2D eigenvalue weighted by Crippen LogP contribution is 2.39. The minimum atomic E-state index is 0.0765. The number of hydrogen-bond donors (Lipinski definition) is 1. The lowest BCUT2D eigenvalue weighted by Gasteiger charge is -2.42. The summed E-state index contributed by atoms with van der Waals surface area (Å²) in [7, 11) is 0. The van der Waals surface area contributed by atoms with Gasteiger partial charge in [-0.2, -0.15) is 0 Å². The monoisotopic (exact) mass is 338 g/mol. The lowest BCUT2D eigenvalue weighted by Crippen LogP contribution is -2.39. The number of nitrogens with zero attached hydrogens (tertiary/aromatic N) is 1. The molecule has 0 radical (unpaired) electrons. The second-order valence-electron chi connectivity index (χ2n) is 6.19. The molecule has 112 valence electrons. The van der Waals surface area contributed by atoms with Gasteiger partial charge in [0.1, 0.15) is 0 Å². The zero-order valence-electron chi connectivity index (χ0n) is 13.0. The van der Waals surface area contributed by atoms with Crippen LogP contribution in [0.1, 0.15) is 58.1 Å². The molecule has 20 heavy (non-hydrogen) atoms. The van der Waals surface area contributed by atoms with E-state index >= 15 is 0 Å². The smallest absolute Gasteiger partial charge is 0.0377 e. The Morgan fingerprint density at radius 3 is 2.30 bits per heavy atom. The van der Waals surface area contributed by atoms with Crippen LogP contribution in [0.2, 0.25) is 0 Å². The molecular weight excluding hydrogens is 312 g/mol. The molecule has 0 aromatic heterocycles. The van der Waals surface area contributed by atoms with Gasteiger partial charge in [0.25, 0.3) is 0 Å². The van der Waals surface area contributed by atoms with Crippen molar-refractivity contribution in [3.05, 3.63) is 28.2 Å². The second kappa shape index (κ2) is 6.48. The molecule has 0 amide bonds. The van der Waals surface area contributed by atoms with Crippen LogP contribution in [0.5, 0.6) is 0 Å². The van der Waals surface area contributed by atoms with E-state index in [1.807, 2.05) is 6.92 Å². The lowest BCUT2D eigenvalue weighted by molar-refractivity contribution is 0.199. The highest BCUT2D eigenvalue weighted by molar-refractivity contribution is 9.10. The van der Waals surface area contributed by atoms with Gasteiger partial charge in [-0.25, -0.2) is 0 Å². The van der Waals surface area contributed by atoms with Crippen LogP contribution < -0.4 is 10.6 Å². The Labute approximate surface area is 131 Å². The van der Waals surface area contributed by atoms with Crippen LogP contribution in [0.4, 0.5) is 5.69 Å². The standard InChI is InChI=1S/C17H27BrN2/c1-4-17(5-2)8-10-20(11-9-17)14-6-7-15(13(3)19)16(18)12-14/h6-7,12-13H,4-5,8-11,19H2,1-3H3/t13-/m0/s1. The number of rotatable bonds is 4. The van der Waals surface area contributed by atoms with Gasteiger partial charge in [-0.15, -0.1) is 0 Å². The fraction of sp³-hybridized carbons (Fsp3) is 0.647. The normalized spacial score (nSPS) is 19.9. The molecule has 1 aromatic carbocycles. The summed E-state index contributed by atoms with van der Waals surface area (Å²) in [5.74, 6) is 0. The van der Waals surface area contributed by atoms with Crippen LogP contribution in [0.25, 0.3) is 0 Å². The van der Waals surface area contributed by atoms with Crippen molar-refractivity contribution < 1.29 is 0 Å². The molecule has 0 unspecified atom stereocenters. The predicted molar refractivity (Wildman–Crippen MR) is 91.2 cm³/mol. The summed E-state index contributed by atoms with van der Waals surface area (Å²) in [4.78, 5) is 2.51. The van der Waals surface area contributed by atoms with Crippen molar-refractivity contribution in [2.45, 2.75) is 52.5 Å². The third-order valence-corrected chi connectivity index (χ3v) is 5.85. The first-order chi connectivity index (χ1) is 9.51. The highest BCUT2D eigenvalue weighted by Gasteiger charge is 2.31. The van der Waals surface area contributed by atoms with E-state index in [0.29, 0.717) is 5.41 Å². The Balaban J connectivity index is 2.09. The van der Waals surface area contributed by atoms with Crippen molar-refractivity contribution in [3.63, 3.8) is 0 Å². The van der Waals surface area contributed by atoms with E-state index in [2.05, 4.69) is 52.9 Å². The third-order valence-electron chi connectivity index (χ3n) is 5.16. The van der Waals surface area contributed by atoms with Gasteiger partial charge in [-0.05, 0) is 42.9 Å². The first-order valence-electron chi connectivity index (χ1n) is 7.81. The van der Waals surface area contributed by atoms with Gasteiger partial charge in [0.15, 0.2) is 0 Å². The quantitative estimate of drug-likeness (QED) is 0.847. The fourth-order valence-corrected chi connectivity index (χ4v) is 4.01. The Morgan fingerprint density at radius 2 is 1.85 bits per heavy atom. The Morgan fingerprint density at radius 1 is 1.25 bits per heavy atom. The van der Waals surface area contributed by atoms with Crippen LogP contribution in [0.15, 0.2) is 22.7 Å². The molecule has 3 heteroatoms. The van der Waals surface area contributed by atoms with Crippen molar-refractivity contribution in [3.8, 4) is 0 Å². The zero-order valence-corrected chi connectivity index (χ0v) is 14.5. The number of benzene rings is 1. The number of anilines is 1. The minimum Gasteiger partial charge on any atom is -0.371 e. The first kappa shape index (κ1) is 15.8. The summed E-state index contributed by atoms with van der Waals surface area (Å²) >= 11 is 3.66. The Hall–Kier alpha value is -0.540. The molecule has 1 aromatic rings. The van der Waals surface area contributed by atoms with Gasteiger partial charge >= 0.3 is 0 Å². The zero-order chi connectivity index (χ0) is 14.8. The van der Waals surface area contributed by atoms with Gasteiger partial charge in [-0.1, -0.05) is 48.7 Å². The summed E-state index contributed by atoms with van der Waals surface area (Å²) in [5.41, 5.74) is 9.06. The average Bonchev–Trinajstić information content (AvgIpc) is 2.47. The van der Waals surface area contributed by atoms with E-state index in [1.54, 1.807) is 0 Å². The maximum atomic E-state index is 5.97. The van der Waals surface area contributed by atoms with Crippen molar-refractivity contribution in [2.75, 3.05) is 18.0 Å². The summed E-state index contributed by atoms with van der Waals surface area (Å²) < 4.78 is 1.13. The molecule has 0 spiro atoms. The van der Waals surface area contributed by atoms with Crippen LogP contribution in [-0.2, 0) is 0 Å². The molecule has 2 rings (SSSR count). The predicted octanol–water partition coefficient (Wildman–Crippen LogP) is 4.88. The van der Waals surface area contributed by atoms with Gasteiger partial charge in [0.2, 0.25) is 0 Å². The summed E-state index contributed by atoms with van der Waals surface area (Å²) in [5, 5.41) is 0. The SMILES string of the molecule is CCC1(CC)CCN(c2ccc([C@H](C)N)c(Br)c2)CC1. The van der Waals surface area contributed by atoms with Crippen molar-refractivity contribution in [1.29, 1.82) is 0 Å². The second-order valence-corrected chi connectivity index (χ2v) is 7.04. The molecule has 0 saturated carbocycles. The minimum absolute atomic E-state index is 0.0765. The van der Waals surface area contributed by atoms with E-state index in [0.717, 1.165) is 4.47 Å². The average molecular weight is 339 g/mol. The molecule has 0 aliphatic carbocycles. The molecule has 1 saturated heterocycles. The van der Waals surface area contributed by atoms with E-state index in [1.165, 1.54) is 50.0 Å². The number of halogens is 1. The van der Waals surface area contributed by atoms with E-state index in [4.69, 9.17) is 5.73 Å². The Kier molecular flexibility index (Phi) is 5.14. The molecule has 1 heterocycles. The van der Waals surface area contributed by atoms with Gasteiger partial charge < -0.3 is 10.6 Å². The molecule has 1 atom stereocenters. The van der Waals surface area contributed by atoms with E-state index < -0.39 is 0 Å². The van der Waals surface area contributed by atoms with Crippen molar-refractivity contribution in [1.82, 2.24) is 0 Å². The van der Waals surface area contributed by atoms with E-state index in [-0.39, 0.29) is 6.04 Å². The topological polar surface area (TPSA) is 29.3 Å². The molecule has 1 aliphatic heterocycles. The fourth-order valence-electron chi connectivity index (χ4n) is 3.28. The third kappa shape index (κ3) is 3.20. The maximum absolute atomic E-state index is 5.97. The van der Waals surface area contributed by atoms with Crippen molar-refractivity contribution in [2.24, 2.45) is 11.1 Å². The summed E-state index contributed by atoms with van der Waals surface area (Å²) in [6.07, 6.45) is 5.24. The highest BCUT2D eigenvalue weighted by atomic mass is 79.9. The number of hydrogen-bond acceptors (Lipinski definition) is 2. The Bertz CT molecular complexity index is 442. The van der Waals surface area contributed by atoms with Crippen LogP contribution in [0.3, 0.4) is 0 Å². The molecule has 1 fully saturated rings.